The summed E-state index contributed by atoms with van der Waals surface area (Å²) in [5, 5.41) is 5.55. The first-order valence-corrected chi connectivity index (χ1v) is 8.19. The second-order valence-corrected chi connectivity index (χ2v) is 6.24. The van der Waals surface area contributed by atoms with Gasteiger partial charge in [0.15, 0.2) is 11.7 Å². The van der Waals surface area contributed by atoms with Crippen molar-refractivity contribution in [2.45, 2.75) is 6.54 Å². The molecule has 0 radical (unpaired) electrons. The molecular weight excluding hydrogens is 322 g/mol. The summed E-state index contributed by atoms with van der Waals surface area (Å²) in [7, 11) is 2.00. The van der Waals surface area contributed by atoms with Crippen LogP contribution in [0.4, 0.5) is 5.69 Å². The molecule has 1 heterocycles. The number of aromatic nitrogens is 1. The normalized spacial score (nSPS) is 12.1. The molecule has 3 aromatic rings. The number of amides is 1. The van der Waals surface area contributed by atoms with Crippen LogP contribution < -0.4 is 10.2 Å². The number of carbonyl (C=O) groups is 1. The quantitative estimate of drug-likeness (QED) is 0.701. The van der Waals surface area contributed by atoms with Gasteiger partial charge in [-0.25, -0.2) is 4.98 Å². The number of quaternary nitrogens is 1. The highest BCUT2D eigenvalue weighted by molar-refractivity contribution is 6.32. The van der Waals surface area contributed by atoms with Gasteiger partial charge in [0.2, 0.25) is 0 Å². The third-order valence-corrected chi connectivity index (χ3v) is 4.12. The summed E-state index contributed by atoms with van der Waals surface area (Å²) in [5.41, 5.74) is 1.75. The fourth-order valence-corrected chi connectivity index (χ4v) is 2.87. The number of halogens is 1. The average Bonchev–Trinajstić information content (AvgIpc) is 2.56. The Kier molecular flexibility index (Phi) is 5.08. The molecular formula is C19H19ClN3O+. The lowest BCUT2D eigenvalue weighted by Crippen LogP contribution is -3.08. The Morgan fingerprint density at radius 2 is 1.92 bits per heavy atom. The molecule has 0 aliphatic heterocycles. The fraction of sp³-hybridized carbons (Fsp3) is 0.158. The molecule has 0 saturated carbocycles. The van der Waals surface area contributed by atoms with E-state index in [0.717, 1.165) is 11.4 Å². The van der Waals surface area contributed by atoms with Crippen molar-refractivity contribution in [3.63, 3.8) is 0 Å². The van der Waals surface area contributed by atoms with Crippen molar-refractivity contribution in [3.05, 3.63) is 71.5 Å². The van der Waals surface area contributed by atoms with Crippen LogP contribution in [0.15, 0.2) is 60.8 Å². The predicted octanol–water partition coefficient (Wildman–Crippen LogP) is 2.54. The number of pyridine rings is 1. The van der Waals surface area contributed by atoms with Gasteiger partial charge in [-0.05, 0) is 29.0 Å². The van der Waals surface area contributed by atoms with Crippen LogP contribution in [0.5, 0.6) is 0 Å². The maximum Gasteiger partial charge on any atom is 0.279 e. The lowest BCUT2D eigenvalue weighted by atomic mass is 10.1. The molecule has 24 heavy (non-hydrogen) atoms. The Balaban J connectivity index is 1.61. The molecule has 0 aliphatic rings. The molecule has 1 unspecified atom stereocenters. The first kappa shape index (κ1) is 16.4. The van der Waals surface area contributed by atoms with Crippen LogP contribution in [0.25, 0.3) is 10.8 Å². The van der Waals surface area contributed by atoms with Crippen LogP contribution >= 0.6 is 11.6 Å². The van der Waals surface area contributed by atoms with E-state index in [9.17, 15) is 4.79 Å². The first-order chi connectivity index (χ1) is 11.6. The van der Waals surface area contributed by atoms with Crippen molar-refractivity contribution in [3.8, 4) is 0 Å². The number of likely N-dealkylation sites (N-methyl/N-ethyl adjacent to an activating group) is 1. The van der Waals surface area contributed by atoms with Gasteiger partial charge in [0, 0.05) is 11.8 Å². The summed E-state index contributed by atoms with van der Waals surface area (Å²) in [6.45, 7) is 1.14. The molecule has 122 valence electrons. The Labute approximate surface area is 146 Å². The van der Waals surface area contributed by atoms with Crippen molar-refractivity contribution in [2.75, 3.05) is 18.9 Å². The van der Waals surface area contributed by atoms with Crippen LogP contribution in [-0.2, 0) is 11.3 Å². The molecule has 5 heteroatoms. The molecule has 0 fully saturated rings. The van der Waals surface area contributed by atoms with Crippen LogP contribution in [0.3, 0.4) is 0 Å². The standard InChI is InChI=1S/C19H18ClN3O/c1-23(13-18(24)22-17-7-4-10-21-19(17)20)12-14-8-9-15-5-2-3-6-16(15)11-14/h2-11H,12-13H2,1H3,(H,22,24)/p+1. The molecule has 1 aromatic heterocycles. The minimum atomic E-state index is -0.0804. The molecule has 3 rings (SSSR count). The largest absolute Gasteiger partial charge is 0.326 e. The van der Waals surface area contributed by atoms with Gasteiger partial charge in [-0.3, -0.25) is 4.79 Å². The number of nitrogens with one attached hydrogen (secondary N) is 2. The van der Waals surface area contributed by atoms with Crippen molar-refractivity contribution in [1.82, 2.24) is 4.98 Å². The fourth-order valence-electron chi connectivity index (χ4n) is 2.71. The van der Waals surface area contributed by atoms with E-state index in [1.54, 1.807) is 18.3 Å². The monoisotopic (exact) mass is 340 g/mol. The molecule has 4 nitrogen and oxygen atoms in total. The van der Waals surface area contributed by atoms with Gasteiger partial charge < -0.3 is 10.2 Å². The summed E-state index contributed by atoms with van der Waals surface area (Å²) < 4.78 is 0. The zero-order valence-electron chi connectivity index (χ0n) is 13.4. The molecule has 0 bridgehead atoms. The second-order valence-electron chi connectivity index (χ2n) is 5.88. The van der Waals surface area contributed by atoms with Crippen molar-refractivity contribution < 1.29 is 9.69 Å². The topological polar surface area (TPSA) is 46.4 Å². The zero-order chi connectivity index (χ0) is 16.9. The van der Waals surface area contributed by atoms with E-state index >= 15 is 0 Å². The number of rotatable bonds is 5. The zero-order valence-corrected chi connectivity index (χ0v) is 14.2. The molecule has 0 aliphatic carbocycles. The summed E-state index contributed by atoms with van der Waals surface area (Å²) >= 11 is 5.96. The third kappa shape index (κ3) is 4.10. The number of hydrogen-bond acceptors (Lipinski definition) is 2. The molecule has 0 saturated heterocycles. The molecule has 1 amide bonds. The molecule has 1 atom stereocenters. The van der Waals surface area contributed by atoms with Gasteiger partial charge >= 0.3 is 0 Å². The van der Waals surface area contributed by atoms with Gasteiger partial charge in [0.05, 0.1) is 12.7 Å². The van der Waals surface area contributed by atoms with Crippen molar-refractivity contribution >= 4 is 34.0 Å². The predicted molar refractivity (Wildman–Crippen MR) is 97.3 cm³/mol. The van der Waals surface area contributed by atoms with Crippen LogP contribution in [0.1, 0.15) is 5.56 Å². The van der Waals surface area contributed by atoms with E-state index in [4.69, 9.17) is 11.6 Å². The summed E-state index contributed by atoms with van der Waals surface area (Å²) in [5.74, 6) is -0.0804. The summed E-state index contributed by atoms with van der Waals surface area (Å²) in [6.07, 6.45) is 1.59. The smallest absolute Gasteiger partial charge is 0.279 e. The maximum absolute atomic E-state index is 12.2. The highest BCUT2D eigenvalue weighted by Crippen LogP contribution is 2.17. The minimum absolute atomic E-state index is 0.0804. The van der Waals surface area contributed by atoms with Gasteiger partial charge in [-0.2, -0.15) is 0 Å². The van der Waals surface area contributed by atoms with E-state index in [1.165, 1.54) is 16.3 Å². The van der Waals surface area contributed by atoms with Crippen molar-refractivity contribution in [1.29, 1.82) is 0 Å². The van der Waals surface area contributed by atoms with E-state index in [2.05, 4.69) is 40.6 Å². The summed E-state index contributed by atoms with van der Waals surface area (Å²) in [6, 6.07) is 18.2. The van der Waals surface area contributed by atoms with Crippen LogP contribution in [-0.4, -0.2) is 24.5 Å². The Bertz CT molecular complexity index is 866. The summed E-state index contributed by atoms with van der Waals surface area (Å²) in [4.78, 5) is 17.2. The van der Waals surface area contributed by atoms with Crippen LogP contribution in [0, 0.1) is 0 Å². The molecule has 2 N–H and O–H groups in total. The van der Waals surface area contributed by atoms with Crippen LogP contribution in [0.2, 0.25) is 5.15 Å². The number of fused-ring (bicyclic) bond motifs is 1. The van der Waals surface area contributed by atoms with E-state index < -0.39 is 0 Å². The highest BCUT2D eigenvalue weighted by atomic mass is 35.5. The Morgan fingerprint density at radius 1 is 1.12 bits per heavy atom. The van der Waals surface area contributed by atoms with Gasteiger partial charge in [0.1, 0.15) is 6.54 Å². The number of hydrogen-bond donors (Lipinski definition) is 2. The number of benzene rings is 2. The lowest BCUT2D eigenvalue weighted by Gasteiger charge is -2.14. The Hall–Kier alpha value is -2.43. The van der Waals surface area contributed by atoms with E-state index in [0.29, 0.717) is 17.4 Å². The maximum atomic E-state index is 12.2. The second kappa shape index (κ2) is 7.43. The number of nitrogens with zero attached hydrogens (tertiary/aromatic N) is 1. The van der Waals surface area contributed by atoms with Crippen molar-refractivity contribution in [2.24, 2.45) is 0 Å². The minimum Gasteiger partial charge on any atom is -0.326 e. The molecule has 0 spiro atoms. The van der Waals surface area contributed by atoms with Gasteiger partial charge in [-0.15, -0.1) is 0 Å². The number of anilines is 1. The third-order valence-electron chi connectivity index (χ3n) is 3.82. The average molecular weight is 341 g/mol. The van der Waals surface area contributed by atoms with E-state index in [-0.39, 0.29) is 5.91 Å². The van der Waals surface area contributed by atoms with Gasteiger partial charge in [0.25, 0.3) is 5.91 Å². The first-order valence-electron chi connectivity index (χ1n) is 7.81. The molecule has 2 aromatic carbocycles. The van der Waals surface area contributed by atoms with Gasteiger partial charge in [-0.1, -0.05) is 48.0 Å². The lowest BCUT2D eigenvalue weighted by molar-refractivity contribution is -0.885. The highest BCUT2D eigenvalue weighted by Gasteiger charge is 2.12. The van der Waals surface area contributed by atoms with E-state index in [1.807, 2.05) is 19.2 Å². The SMILES string of the molecule is C[NH+](CC(=O)Nc1cccnc1Cl)Cc1ccc2ccccc2c1. The Morgan fingerprint density at radius 3 is 2.71 bits per heavy atom. The number of carbonyl (C=O) groups excluding carboxylic acids is 1.